The van der Waals surface area contributed by atoms with Crippen molar-refractivity contribution in [2.75, 3.05) is 0 Å². The summed E-state index contributed by atoms with van der Waals surface area (Å²) in [6.07, 6.45) is 13.7. The number of nitrogens with zero attached hydrogens (tertiary/aromatic N) is 1. The molecule has 0 amide bonds. The van der Waals surface area contributed by atoms with Gasteiger partial charge in [-0.3, -0.25) is 4.99 Å². The molecule has 11 rings (SSSR count). The number of fused-ring (bicyclic) bond motifs is 9. The van der Waals surface area contributed by atoms with Crippen molar-refractivity contribution in [1.29, 1.82) is 0 Å². The Kier molecular flexibility index (Phi) is 8.80. The summed E-state index contributed by atoms with van der Waals surface area (Å²) in [5.41, 5.74) is 21.0. The van der Waals surface area contributed by atoms with E-state index in [1.807, 2.05) is 18.2 Å². The van der Waals surface area contributed by atoms with E-state index in [4.69, 9.17) is 10.7 Å². The van der Waals surface area contributed by atoms with Crippen LogP contribution in [0.1, 0.15) is 40.4 Å². The lowest BCUT2D eigenvalue weighted by Gasteiger charge is -2.13. The van der Waals surface area contributed by atoms with Crippen LogP contribution < -0.4 is 5.73 Å². The third-order valence-corrected chi connectivity index (χ3v) is 12.6. The molecule has 0 aliphatic heterocycles. The quantitative estimate of drug-likeness (QED) is 0.121. The monoisotopic (exact) mass is 766 g/mol. The van der Waals surface area contributed by atoms with Gasteiger partial charge in [-0.05, 0) is 118 Å². The Hall–Kier alpha value is -7.39. The number of hydrogen-bond acceptors (Lipinski definition) is 2. The maximum atomic E-state index is 6.89. The van der Waals surface area contributed by atoms with E-state index in [0.29, 0.717) is 0 Å². The molecule has 0 saturated heterocycles. The first kappa shape index (κ1) is 35.7. The molecule has 9 aromatic carbocycles. The average Bonchev–Trinajstić information content (AvgIpc) is 3.93. The Morgan fingerprint density at radius 3 is 1.63 bits per heavy atom. The lowest BCUT2D eigenvalue weighted by atomic mass is 9.92. The molecule has 2 nitrogen and oxygen atoms in total. The van der Waals surface area contributed by atoms with Crippen LogP contribution in [0.5, 0.6) is 0 Å². The number of aliphatic imine (C=N–C) groups is 1. The summed E-state index contributed by atoms with van der Waals surface area (Å²) in [4.78, 5) is 5.13. The molecule has 284 valence electrons. The maximum Gasteiger partial charge on any atom is 0.123 e. The Labute approximate surface area is 351 Å². The van der Waals surface area contributed by atoms with Gasteiger partial charge in [0, 0.05) is 5.41 Å². The Bertz CT molecular complexity index is 3170. The molecular weight excluding hydrogens is 725 g/mol. The van der Waals surface area contributed by atoms with Gasteiger partial charge < -0.3 is 5.73 Å². The SMILES string of the molecule is NC(/N=C(\C=C\c1ccccc1)c1ccc(-c2ccc(-c3ccc4c(c3)C43C=CC=CC3)cc2)cc1)c1ccc(-c2ccc3c4ccccc4c4ccccc4c3c2)cc1. The Morgan fingerprint density at radius 1 is 0.483 bits per heavy atom. The number of rotatable bonds is 8. The molecule has 0 radical (unpaired) electrons. The molecule has 2 aliphatic carbocycles. The summed E-state index contributed by atoms with van der Waals surface area (Å²) in [6, 6.07) is 67.7. The molecule has 2 N–H and O–H groups in total. The van der Waals surface area contributed by atoms with Crippen molar-refractivity contribution in [3.05, 3.63) is 246 Å². The van der Waals surface area contributed by atoms with Crippen molar-refractivity contribution in [3.63, 3.8) is 0 Å². The summed E-state index contributed by atoms with van der Waals surface area (Å²) in [6.45, 7) is 0. The first-order valence-electron chi connectivity index (χ1n) is 20.8. The second-order valence-corrected chi connectivity index (χ2v) is 16.1. The highest BCUT2D eigenvalue weighted by atomic mass is 14.9. The number of hydrogen-bond donors (Lipinski definition) is 1. The highest BCUT2D eigenvalue weighted by Gasteiger charge is 2.47. The minimum absolute atomic E-state index is 0.132. The summed E-state index contributed by atoms with van der Waals surface area (Å²) >= 11 is 0. The molecule has 1 spiro atoms. The molecule has 9 aromatic rings. The smallest absolute Gasteiger partial charge is 0.123 e. The third-order valence-electron chi connectivity index (χ3n) is 12.6. The molecule has 2 heteroatoms. The van der Waals surface area contributed by atoms with Crippen LogP contribution in [-0.4, -0.2) is 5.71 Å². The zero-order chi connectivity index (χ0) is 40.0. The summed E-state index contributed by atoms with van der Waals surface area (Å²) in [5, 5.41) is 7.65. The largest absolute Gasteiger partial charge is 0.306 e. The molecule has 0 aromatic heterocycles. The maximum absolute atomic E-state index is 6.89. The lowest BCUT2D eigenvalue weighted by Crippen LogP contribution is -2.11. The van der Waals surface area contributed by atoms with Crippen LogP contribution in [0.3, 0.4) is 0 Å². The molecule has 60 heavy (non-hydrogen) atoms. The summed E-state index contributed by atoms with van der Waals surface area (Å²) in [7, 11) is 0. The van der Waals surface area contributed by atoms with E-state index in [9.17, 15) is 0 Å². The molecular formula is C58H42N2. The molecule has 0 fully saturated rings. The van der Waals surface area contributed by atoms with Gasteiger partial charge in [0.1, 0.15) is 6.17 Å². The van der Waals surface area contributed by atoms with Gasteiger partial charge in [-0.15, -0.1) is 0 Å². The highest BCUT2D eigenvalue weighted by Crippen LogP contribution is 2.56. The van der Waals surface area contributed by atoms with Gasteiger partial charge >= 0.3 is 0 Å². The fourth-order valence-electron chi connectivity index (χ4n) is 9.23. The highest BCUT2D eigenvalue weighted by molar-refractivity contribution is 6.25. The lowest BCUT2D eigenvalue weighted by molar-refractivity contribution is 0.778. The zero-order valence-electron chi connectivity index (χ0n) is 33.2. The van der Waals surface area contributed by atoms with Crippen LogP contribution in [0.25, 0.3) is 71.8 Å². The average molecular weight is 767 g/mol. The summed E-state index contributed by atoms with van der Waals surface area (Å²) in [5.74, 6) is 0. The van der Waals surface area contributed by atoms with Crippen LogP contribution >= 0.6 is 0 Å². The molecule has 0 saturated carbocycles. The zero-order valence-corrected chi connectivity index (χ0v) is 33.2. The van der Waals surface area contributed by atoms with Crippen molar-refractivity contribution < 1.29 is 0 Å². The van der Waals surface area contributed by atoms with E-state index in [1.165, 1.54) is 65.7 Å². The van der Waals surface area contributed by atoms with Crippen LogP contribution in [0.2, 0.25) is 0 Å². The topological polar surface area (TPSA) is 38.4 Å². The van der Waals surface area contributed by atoms with Crippen LogP contribution in [0.15, 0.2) is 223 Å². The molecule has 2 atom stereocenters. The van der Waals surface area contributed by atoms with Gasteiger partial charge in [0.2, 0.25) is 0 Å². The number of allylic oxidation sites excluding steroid dienone is 5. The molecule has 2 unspecified atom stereocenters. The third kappa shape index (κ3) is 6.39. The van der Waals surface area contributed by atoms with Crippen molar-refractivity contribution in [3.8, 4) is 33.4 Å². The van der Waals surface area contributed by atoms with Crippen molar-refractivity contribution in [2.45, 2.75) is 18.0 Å². The van der Waals surface area contributed by atoms with E-state index in [2.05, 4.69) is 206 Å². The fraction of sp³-hybridized carbons (Fsp3) is 0.0517. The van der Waals surface area contributed by atoms with Crippen molar-refractivity contribution >= 4 is 44.1 Å². The molecule has 2 aliphatic rings. The van der Waals surface area contributed by atoms with E-state index < -0.39 is 6.17 Å². The van der Waals surface area contributed by atoms with E-state index in [1.54, 1.807) is 0 Å². The minimum atomic E-state index is -0.542. The normalized spacial score (nSPS) is 16.2. The first-order valence-corrected chi connectivity index (χ1v) is 20.8. The van der Waals surface area contributed by atoms with Gasteiger partial charge in [0.25, 0.3) is 0 Å². The second kappa shape index (κ2) is 14.8. The summed E-state index contributed by atoms with van der Waals surface area (Å²) < 4.78 is 0. The molecule has 0 bridgehead atoms. The van der Waals surface area contributed by atoms with Gasteiger partial charge in [-0.2, -0.15) is 0 Å². The van der Waals surface area contributed by atoms with Gasteiger partial charge in [0.05, 0.1) is 5.71 Å². The van der Waals surface area contributed by atoms with Crippen LogP contribution in [-0.2, 0) is 5.41 Å². The van der Waals surface area contributed by atoms with Crippen LogP contribution in [0.4, 0.5) is 0 Å². The van der Waals surface area contributed by atoms with E-state index in [-0.39, 0.29) is 5.41 Å². The predicted octanol–water partition coefficient (Wildman–Crippen LogP) is 14.4. The Balaban J connectivity index is 0.860. The van der Waals surface area contributed by atoms with Crippen LogP contribution in [0, 0.1) is 0 Å². The van der Waals surface area contributed by atoms with Crippen molar-refractivity contribution in [2.24, 2.45) is 10.7 Å². The van der Waals surface area contributed by atoms with E-state index >= 15 is 0 Å². The number of nitrogens with two attached hydrogens (primary N) is 1. The first-order chi connectivity index (χ1) is 29.6. The van der Waals surface area contributed by atoms with Gasteiger partial charge in [-0.1, -0.05) is 206 Å². The van der Waals surface area contributed by atoms with E-state index in [0.717, 1.165) is 39.9 Å². The Morgan fingerprint density at radius 2 is 1.00 bits per heavy atom. The predicted molar refractivity (Wildman–Crippen MR) is 254 cm³/mol. The second-order valence-electron chi connectivity index (χ2n) is 16.1. The molecule has 0 heterocycles. The standard InChI is InChI=1S/C58H42N2/c59-57(45-28-24-42(25-29-45)46-30-32-52-50-15-6-5-13-48(50)49-14-7-8-16-51(49)53(52)37-46)60-56(34-17-39-11-3-1-4-12-39)44-26-22-41(23-27-44)40-18-20-43(21-19-40)47-31-33-54-55(38-47)58(54)35-9-2-10-36-58/h1-35,37-38,57H,36,59H2/b34-17+,60-56+. The van der Waals surface area contributed by atoms with Gasteiger partial charge in [0.15, 0.2) is 0 Å². The number of benzene rings is 9. The minimum Gasteiger partial charge on any atom is -0.306 e. The van der Waals surface area contributed by atoms with Crippen molar-refractivity contribution in [1.82, 2.24) is 0 Å². The van der Waals surface area contributed by atoms with Gasteiger partial charge in [-0.25, -0.2) is 0 Å². The fourth-order valence-corrected chi connectivity index (χ4v) is 9.23.